The number of nitrogens with zero attached hydrogens (tertiary/aromatic N) is 1. The molecule has 0 aliphatic rings. The zero-order valence-corrected chi connectivity index (χ0v) is 13.7. The van der Waals surface area contributed by atoms with E-state index in [1.54, 1.807) is 6.07 Å². The Balaban J connectivity index is 1.77. The molecule has 0 atom stereocenters. The normalized spacial score (nSPS) is 10.2. The van der Waals surface area contributed by atoms with Crippen molar-refractivity contribution < 1.29 is 14.5 Å². The molecule has 0 bridgehead atoms. The van der Waals surface area contributed by atoms with Crippen molar-refractivity contribution in [2.24, 2.45) is 0 Å². The second kappa shape index (κ2) is 8.10. The number of nitro benzene ring substituents is 1. The highest BCUT2D eigenvalue weighted by Gasteiger charge is 2.08. The number of carbonyl (C=O) groups is 1. The molecule has 0 aromatic heterocycles. The molecule has 2 aromatic carbocycles. The maximum atomic E-state index is 11.9. The van der Waals surface area contributed by atoms with Crippen LogP contribution < -0.4 is 10.1 Å². The number of carbonyl (C=O) groups excluding carboxylic acids is 1. The Morgan fingerprint density at radius 2 is 2.00 bits per heavy atom. The number of amides is 1. The minimum Gasteiger partial charge on any atom is -0.493 e. The summed E-state index contributed by atoms with van der Waals surface area (Å²) in [6, 6.07) is 11.8. The van der Waals surface area contributed by atoms with Crippen LogP contribution in [0.25, 0.3) is 0 Å². The Labute approximate surface area is 140 Å². The number of nitro groups is 1. The Morgan fingerprint density at radius 3 is 2.71 bits per heavy atom. The Hall–Kier alpha value is -2.89. The molecule has 6 nitrogen and oxygen atoms in total. The first-order chi connectivity index (χ1) is 11.5. The highest BCUT2D eigenvalue weighted by Crippen LogP contribution is 2.19. The van der Waals surface area contributed by atoms with Crippen LogP contribution in [0.2, 0.25) is 0 Å². The third-order valence-electron chi connectivity index (χ3n) is 3.48. The number of benzene rings is 2. The first-order valence-corrected chi connectivity index (χ1v) is 7.70. The highest BCUT2D eigenvalue weighted by atomic mass is 16.6. The minimum atomic E-state index is -0.493. The van der Waals surface area contributed by atoms with Crippen LogP contribution in [0.15, 0.2) is 42.5 Å². The van der Waals surface area contributed by atoms with Gasteiger partial charge in [-0.1, -0.05) is 23.8 Å². The molecule has 0 fully saturated rings. The van der Waals surface area contributed by atoms with E-state index >= 15 is 0 Å². The third kappa shape index (κ3) is 5.08. The monoisotopic (exact) mass is 328 g/mol. The molecule has 1 amide bonds. The van der Waals surface area contributed by atoms with Gasteiger partial charge in [-0.3, -0.25) is 14.9 Å². The Kier molecular flexibility index (Phi) is 5.89. The maximum Gasteiger partial charge on any atom is 0.271 e. The van der Waals surface area contributed by atoms with Crippen LogP contribution in [0.1, 0.15) is 24.0 Å². The van der Waals surface area contributed by atoms with E-state index in [1.807, 2.05) is 32.0 Å². The van der Waals surface area contributed by atoms with Crippen LogP contribution in [-0.2, 0) is 4.79 Å². The van der Waals surface area contributed by atoms with Gasteiger partial charge in [-0.2, -0.15) is 0 Å². The molecule has 126 valence electrons. The number of aryl methyl sites for hydroxylation is 2. The fourth-order valence-corrected chi connectivity index (χ4v) is 2.30. The molecule has 6 heteroatoms. The molecule has 0 aliphatic carbocycles. The molecule has 2 rings (SSSR count). The standard InChI is InChI=1S/C18H20N2O4/c1-13-8-9-17(14(2)11-13)24-10-4-7-18(21)19-15-5-3-6-16(12-15)20(22)23/h3,5-6,8-9,11-12H,4,7,10H2,1-2H3,(H,19,21). The minimum absolute atomic E-state index is 0.0500. The first kappa shape index (κ1) is 17.5. The topological polar surface area (TPSA) is 81.5 Å². The number of non-ortho nitro benzene ring substituents is 1. The van der Waals surface area contributed by atoms with Crippen LogP contribution >= 0.6 is 0 Å². The summed E-state index contributed by atoms with van der Waals surface area (Å²) in [5.41, 5.74) is 2.61. The van der Waals surface area contributed by atoms with Crippen LogP contribution in [0.3, 0.4) is 0 Å². The zero-order valence-electron chi connectivity index (χ0n) is 13.7. The van der Waals surface area contributed by atoms with E-state index in [0.717, 1.165) is 11.3 Å². The van der Waals surface area contributed by atoms with Crippen molar-refractivity contribution >= 4 is 17.3 Å². The molecule has 0 saturated carbocycles. The zero-order chi connectivity index (χ0) is 17.5. The molecule has 0 saturated heterocycles. The fourth-order valence-electron chi connectivity index (χ4n) is 2.30. The summed E-state index contributed by atoms with van der Waals surface area (Å²) in [7, 11) is 0. The lowest BCUT2D eigenvalue weighted by Crippen LogP contribution is -2.13. The summed E-state index contributed by atoms with van der Waals surface area (Å²) in [5, 5.41) is 13.4. The molecule has 0 heterocycles. The molecule has 0 unspecified atom stereocenters. The van der Waals surface area contributed by atoms with Crippen LogP contribution in [0.4, 0.5) is 11.4 Å². The van der Waals surface area contributed by atoms with Crippen molar-refractivity contribution in [2.45, 2.75) is 26.7 Å². The quantitative estimate of drug-likeness (QED) is 0.473. The number of rotatable bonds is 7. The van der Waals surface area contributed by atoms with Gasteiger partial charge in [0.2, 0.25) is 5.91 Å². The molecule has 2 aromatic rings. The average molecular weight is 328 g/mol. The second-order valence-electron chi connectivity index (χ2n) is 5.58. The smallest absolute Gasteiger partial charge is 0.271 e. The summed E-state index contributed by atoms with van der Waals surface area (Å²) in [6.45, 7) is 4.44. The van der Waals surface area contributed by atoms with Gasteiger partial charge in [-0.05, 0) is 38.0 Å². The van der Waals surface area contributed by atoms with E-state index in [4.69, 9.17) is 4.74 Å². The van der Waals surface area contributed by atoms with Gasteiger partial charge in [-0.15, -0.1) is 0 Å². The van der Waals surface area contributed by atoms with E-state index in [0.29, 0.717) is 18.7 Å². The van der Waals surface area contributed by atoms with Gasteiger partial charge >= 0.3 is 0 Å². The number of nitrogens with one attached hydrogen (secondary N) is 1. The summed E-state index contributed by atoms with van der Waals surface area (Å²) in [5.74, 6) is 0.624. The Morgan fingerprint density at radius 1 is 1.21 bits per heavy atom. The summed E-state index contributed by atoms with van der Waals surface area (Å²) in [4.78, 5) is 22.1. The van der Waals surface area contributed by atoms with E-state index in [1.165, 1.54) is 23.8 Å². The van der Waals surface area contributed by atoms with Crippen molar-refractivity contribution in [3.8, 4) is 5.75 Å². The molecular formula is C18H20N2O4. The van der Waals surface area contributed by atoms with Crippen molar-refractivity contribution in [3.63, 3.8) is 0 Å². The summed E-state index contributed by atoms with van der Waals surface area (Å²) >= 11 is 0. The van der Waals surface area contributed by atoms with Gasteiger partial charge in [0.15, 0.2) is 0 Å². The lowest BCUT2D eigenvalue weighted by molar-refractivity contribution is -0.384. The Bertz CT molecular complexity index is 744. The van der Waals surface area contributed by atoms with Gasteiger partial charge in [0, 0.05) is 24.2 Å². The van der Waals surface area contributed by atoms with E-state index < -0.39 is 4.92 Å². The molecular weight excluding hydrogens is 308 g/mol. The molecule has 0 spiro atoms. The van der Waals surface area contributed by atoms with Gasteiger partial charge < -0.3 is 10.1 Å². The van der Waals surface area contributed by atoms with Gasteiger partial charge in [0.25, 0.3) is 5.69 Å². The summed E-state index contributed by atoms with van der Waals surface area (Å²) in [6.07, 6.45) is 0.849. The molecule has 0 aliphatic heterocycles. The van der Waals surface area contributed by atoms with E-state index in [2.05, 4.69) is 5.32 Å². The third-order valence-corrected chi connectivity index (χ3v) is 3.48. The van der Waals surface area contributed by atoms with Crippen molar-refractivity contribution in [3.05, 3.63) is 63.7 Å². The lowest BCUT2D eigenvalue weighted by atomic mass is 10.1. The van der Waals surface area contributed by atoms with Gasteiger partial charge in [0.05, 0.1) is 11.5 Å². The molecule has 24 heavy (non-hydrogen) atoms. The SMILES string of the molecule is Cc1ccc(OCCCC(=O)Nc2cccc([N+](=O)[O-])c2)c(C)c1. The highest BCUT2D eigenvalue weighted by molar-refractivity contribution is 5.90. The van der Waals surface area contributed by atoms with Crippen molar-refractivity contribution in [2.75, 3.05) is 11.9 Å². The number of hydrogen-bond acceptors (Lipinski definition) is 4. The average Bonchev–Trinajstić information content (AvgIpc) is 2.53. The largest absolute Gasteiger partial charge is 0.493 e. The van der Waals surface area contributed by atoms with Crippen LogP contribution in [0.5, 0.6) is 5.75 Å². The second-order valence-corrected chi connectivity index (χ2v) is 5.58. The lowest BCUT2D eigenvalue weighted by Gasteiger charge is -2.10. The van der Waals surface area contributed by atoms with Crippen LogP contribution in [-0.4, -0.2) is 17.4 Å². The van der Waals surface area contributed by atoms with E-state index in [-0.39, 0.29) is 18.0 Å². The number of hydrogen-bond donors (Lipinski definition) is 1. The predicted octanol–water partition coefficient (Wildman–Crippen LogP) is 4.01. The fraction of sp³-hybridized carbons (Fsp3) is 0.278. The predicted molar refractivity (Wildman–Crippen MR) is 92.4 cm³/mol. The maximum absolute atomic E-state index is 11.9. The number of anilines is 1. The van der Waals surface area contributed by atoms with Crippen molar-refractivity contribution in [1.82, 2.24) is 0 Å². The van der Waals surface area contributed by atoms with E-state index in [9.17, 15) is 14.9 Å². The first-order valence-electron chi connectivity index (χ1n) is 7.70. The van der Waals surface area contributed by atoms with Crippen LogP contribution in [0, 0.1) is 24.0 Å². The van der Waals surface area contributed by atoms with Crippen molar-refractivity contribution in [1.29, 1.82) is 0 Å². The van der Waals surface area contributed by atoms with Gasteiger partial charge in [-0.25, -0.2) is 0 Å². The molecule has 1 N–H and O–H groups in total. The van der Waals surface area contributed by atoms with Gasteiger partial charge in [0.1, 0.15) is 5.75 Å². The summed E-state index contributed by atoms with van der Waals surface area (Å²) < 4.78 is 5.67. The molecule has 0 radical (unpaired) electrons. The number of ether oxygens (including phenoxy) is 1.